The number of rotatable bonds is 10. The van der Waals surface area contributed by atoms with Crippen molar-refractivity contribution >= 4 is 11.8 Å². The molecule has 0 aromatic heterocycles. The average Bonchev–Trinajstić information content (AvgIpc) is 3.40. The Morgan fingerprint density at radius 2 is 1.54 bits per heavy atom. The summed E-state index contributed by atoms with van der Waals surface area (Å²) in [7, 11) is 0. The Labute approximate surface area is 208 Å². The fraction of sp³-hybridized carbons (Fsp3) is 0.333. The summed E-state index contributed by atoms with van der Waals surface area (Å²) in [5.74, 6) is 0.328. The third-order valence-electron chi connectivity index (χ3n) is 6.68. The normalized spacial score (nSPS) is 14.3. The molecular weight excluding hydrogens is 436 g/mol. The van der Waals surface area contributed by atoms with E-state index in [1.54, 1.807) is 4.90 Å². The van der Waals surface area contributed by atoms with Crippen molar-refractivity contribution in [3.63, 3.8) is 0 Å². The Hall–Kier alpha value is -3.60. The number of hydrogen-bond donors (Lipinski definition) is 1. The van der Waals surface area contributed by atoms with Crippen LogP contribution in [-0.2, 0) is 22.6 Å². The molecule has 1 aliphatic carbocycles. The Bertz CT molecular complexity index is 1090. The van der Waals surface area contributed by atoms with E-state index in [2.05, 4.69) is 5.32 Å². The average molecular weight is 471 g/mol. The van der Waals surface area contributed by atoms with Crippen molar-refractivity contribution in [1.29, 1.82) is 0 Å². The number of ether oxygens (including phenoxy) is 1. The van der Waals surface area contributed by atoms with Crippen LogP contribution in [0.25, 0.3) is 0 Å². The molecule has 5 heteroatoms. The first kappa shape index (κ1) is 24.5. The van der Waals surface area contributed by atoms with Crippen molar-refractivity contribution in [1.82, 2.24) is 10.2 Å². The summed E-state index contributed by atoms with van der Waals surface area (Å²) in [6.07, 6.45) is 4.69. The molecule has 3 aromatic rings. The molecular formula is C30H34N2O3. The maximum atomic E-state index is 13.7. The van der Waals surface area contributed by atoms with Crippen LogP contribution in [0.2, 0.25) is 0 Å². The van der Waals surface area contributed by atoms with Crippen LogP contribution in [0.3, 0.4) is 0 Å². The number of nitrogens with zero attached hydrogens (tertiary/aromatic N) is 1. The molecule has 0 saturated heterocycles. The number of carbonyl (C=O) groups is 2. The lowest BCUT2D eigenvalue weighted by Crippen LogP contribution is -2.53. The summed E-state index contributed by atoms with van der Waals surface area (Å²) in [4.78, 5) is 29.0. The van der Waals surface area contributed by atoms with Crippen molar-refractivity contribution in [3.8, 4) is 5.75 Å². The van der Waals surface area contributed by atoms with Crippen molar-refractivity contribution in [2.45, 2.75) is 57.7 Å². The molecule has 182 valence electrons. The molecule has 5 nitrogen and oxygen atoms in total. The zero-order valence-corrected chi connectivity index (χ0v) is 20.4. The lowest BCUT2D eigenvalue weighted by Gasteiger charge is -2.32. The van der Waals surface area contributed by atoms with Gasteiger partial charge in [-0.25, -0.2) is 0 Å². The Morgan fingerprint density at radius 3 is 2.23 bits per heavy atom. The highest BCUT2D eigenvalue weighted by Crippen LogP contribution is 2.21. The second-order valence-corrected chi connectivity index (χ2v) is 9.25. The van der Waals surface area contributed by atoms with Crippen molar-refractivity contribution in [3.05, 3.63) is 102 Å². The second-order valence-electron chi connectivity index (χ2n) is 9.25. The summed E-state index contributed by atoms with van der Waals surface area (Å²) in [5.41, 5.74) is 3.13. The van der Waals surface area contributed by atoms with Gasteiger partial charge in [-0.05, 0) is 48.6 Å². The fourth-order valence-electron chi connectivity index (χ4n) is 4.64. The molecule has 1 unspecified atom stereocenters. The Balaban J connectivity index is 1.61. The molecule has 1 aliphatic rings. The van der Waals surface area contributed by atoms with Crippen molar-refractivity contribution in [2.75, 3.05) is 6.61 Å². The number of nitrogens with one attached hydrogen (secondary N) is 1. The summed E-state index contributed by atoms with van der Waals surface area (Å²) < 4.78 is 5.81. The van der Waals surface area contributed by atoms with Crippen LogP contribution in [0, 0.1) is 6.92 Å². The van der Waals surface area contributed by atoms with E-state index >= 15 is 0 Å². The van der Waals surface area contributed by atoms with Gasteiger partial charge in [0.05, 0.1) is 0 Å². The standard InChI is InChI=1S/C30H34N2O3/c1-23-12-8-9-15-25(23)21-32(29(33)22-35-27-18-6-3-7-19-27)28(20-24-13-4-2-5-14-24)30(34)31-26-16-10-11-17-26/h2-9,12-15,18-19,26,28H,10-11,16-17,20-22H2,1H3,(H,31,34). The highest BCUT2D eigenvalue weighted by Gasteiger charge is 2.32. The van der Waals surface area contributed by atoms with Crippen LogP contribution in [0.5, 0.6) is 5.75 Å². The molecule has 35 heavy (non-hydrogen) atoms. The van der Waals surface area contributed by atoms with Gasteiger partial charge in [0, 0.05) is 19.0 Å². The number of hydrogen-bond acceptors (Lipinski definition) is 3. The summed E-state index contributed by atoms with van der Waals surface area (Å²) in [6, 6.07) is 26.8. The molecule has 0 spiro atoms. The highest BCUT2D eigenvalue weighted by molar-refractivity contribution is 5.88. The quantitative estimate of drug-likeness (QED) is 0.450. The van der Waals surface area contributed by atoms with Gasteiger partial charge in [-0.1, -0.05) is 85.6 Å². The molecule has 1 atom stereocenters. The van der Waals surface area contributed by atoms with E-state index in [4.69, 9.17) is 4.74 Å². The molecule has 3 aromatic carbocycles. The minimum absolute atomic E-state index is 0.0950. The minimum Gasteiger partial charge on any atom is -0.484 e. The first-order chi connectivity index (χ1) is 17.1. The minimum atomic E-state index is -0.635. The first-order valence-electron chi connectivity index (χ1n) is 12.5. The topological polar surface area (TPSA) is 58.6 Å². The number of aryl methyl sites for hydroxylation is 1. The van der Waals surface area contributed by atoms with Crippen molar-refractivity contribution in [2.24, 2.45) is 0 Å². The van der Waals surface area contributed by atoms with Crippen LogP contribution in [0.1, 0.15) is 42.4 Å². The van der Waals surface area contributed by atoms with Gasteiger partial charge >= 0.3 is 0 Å². The smallest absolute Gasteiger partial charge is 0.261 e. The summed E-state index contributed by atoms with van der Waals surface area (Å²) in [5, 5.41) is 3.24. The maximum absolute atomic E-state index is 13.7. The molecule has 0 heterocycles. The molecule has 2 amide bonds. The van der Waals surface area contributed by atoms with Crippen LogP contribution in [0.15, 0.2) is 84.9 Å². The molecule has 4 rings (SSSR count). The van der Waals surface area contributed by atoms with Gasteiger partial charge < -0.3 is 15.0 Å². The van der Waals surface area contributed by atoms with E-state index in [1.165, 1.54) is 0 Å². The van der Waals surface area contributed by atoms with Gasteiger partial charge in [-0.15, -0.1) is 0 Å². The second kappa shape index (κ2) is 12.2. The monoisotopic (exact) mass is 470 g/mol. The first-order valence-corrected chi connectivity index (χ1v) is 12.5. The third-order valence-corrected chi connectivity index (χ3v) is 6.68. The van der Waals surface area contributed by atoms with E-state index < -0.39 is 6.04 Å². The maximum Gasteiger partial charge on any atom is 0.261 e. The van der Waals surface area contributed by atoms with Gasteiger partial charge in [0.25, 0.3) is 5.91 Å². The van der Waals surface area contributed by atoms with Gasteiger partial charge in [0.15, 0.2) is 6.61 Å². The molecule has 1 saturated carbocycles. The number of para-hydroxylation sites is 1. The Morgan fingerprint density at radius 1 is 0.914 bits per heavy atom. The number of carbonyl (C=O) groups excluding carboxylic acids is 2. The fourth-order valence-corrected chi connectivity index (χ4v) is 4.64. The summed E-state index contributed by atoms with van der Waals surface area (Å²) in [6.45, 7) is 2.25. The molecule has 0 radical (unpaired) electrons. The predicted molar refractivity (Wildman–Crippen MR) is 138 cm³/mol. The van der Waals surface area contributed by atoms with Crippen LogP contribution in [0.4, 0.5) is 0 Å². The third kappa shape index (κ3) is 6.95. The summed E-state index contributed by atoms with van der Waals surface area (Å²) >= 11 is 0. The lowest BCUT2D eigenvalue weighted by atomic mass is 10.0. The zero-order valence-electron chi connectivity index (χ0n) is 20.4. The number of benzene rings is 3. The lowest BCUT2D eigenvalue weighted by molar-refractivity contribution is -0.143. The van der Waals surface area contributed by atoms with Gasteiger partial charge in [-0.3, -0.25) is 9.59 Å². The molecule has 1 fully saturated rings. The molecule has 1 N–H and O–H groups in total. The Kier molecular flexibility index (Phi) is 8.55. The largest absolute Gasteiger partial charge is 0.484 e. The van der Waals surface area contributed by atoms with Crippen LogP contribution >= 0.6 is 0 Å². The van der Waals surface area contributed by atoms with Gasteiger partial charge in [0.2, 0.25) is 5.91 Å². The predicted octanol–water partition coefficient (Wildman–Crippen LogP) is 5.07. The van der Waals surface area contributed by atoms with E-state index in [9.17, 15) is 9.59 Å². The number of amides is 2. The van der Waals surface area contributed by atoms with E-state index in [-0.39, 0.29) is 24.5 Å². The van der Waals surface area contributed by atoms with E-state index in [0.29, 0.717) is 18.7 Å². The zero-order chi connectivity index (χ0) is 24.5. The molecule has 0 bridgehead atoms. The van der Waals surface area contributed by atoms with Crippen LogP contribution < -0.4 is 10.1 Å². The van der Waals surface area contributed by atoms with E-state index in [0.717, 1.165) is 42.4 Å². The molecule has 0 aliphatic heterocycles. The van der Waals surface area contributed by atoms with Crippen LogP contribution in [-0.4, -0.2) is 35.4 Å². The van der Waals surface area contributed by atoms with Gasteiger partial charge in [0.1, 0.15) is 11.8 Å². The van der Waals surface area contributed by atoms with E-state index in [1.807, 2.05) is 91.9 Å². The SMILES string of the molecule is Cc1ccccc1CN(C(=O)COc1ccccc1)C(Cc1ccccc1)C(=O)NC1CCCC1. The van der Waals surface area contributed by atoms with Crippen molar-refractivity contribution < 1.29 is 14.3 Å². The highest BCUT2D eigenvalue weighted by atomic mass is 16.5. The van der Waals surface area contributed by atoms with Gasteiger partial charge in [-0.2, -0.15) is 0 Å².